The van der Waals surface area contributed by atoms with Crippen molar-refractivity contribution in [2.45, 2.75) is 13.8 Å². The van der Waals surface area contributed by atoms with Gasteiger partial charge in [0.25, 0.3) is 0 Å². The third kappa shape index (κ3) is 3.03. The predicted molar refractivity (Wildman–Crippen MR) is 82.3 cm³/mol. The van der Waals surface area contributed by atoms with Gasteiger partial charge < -0.3 is 0 Å². The van der Waals surface area contributed by atoms with E-state index in [1.54, 1.807) is 10.7 Å². The van der Waals surface area contributed by atoms with Crippen LogP contribution in [0.25, 0.3) is 22.4 Å². The monoisotopic (exact) mass is 472 g/mol. The molecule has 0 N–H and O–H groups in total. The fourth-order valence-electron chi connectivity index (χ4n) is 2.67. The molecule has 1 aromatic heterocycles. The molecule has 115 valence electrons. The zero-order valence-corrected chi connectivity index (χ0v) is 15.0. The first-order valence-electron chi connectivity index (χ1n) is 6.84. The van der Waals surface area contributed by atoms with E-state index in [0.717, 1.165) is 33.5 Å². The van der Waals surface area contributed by atoms with Crippen LogP contribution in [0.5, 0.6) is 0 Å². The first kappa shape index (κ1) is 16.6. The summed E-state index contributed by atoms with van der Waals surface area (Å²) < 4.78 is 15.5. The number of nitrogens with zero attached hydrogens (tertiary/aromatic N) is 2. The Balaban J connectivity index is 0.00000176. The molecule has 0 unspecified atom stereocenters. The number of aryl methyl sites for hydroxylation is 3. The van der Waals surface area contributed by atoms with Gasteiger partial charge in [0, 0.05) is 44.9 Å². The van der Waals surface area contributed by atoms with Crippen molar-refractivity contribution in [3.05, 3.63) is 65.6 Å². The fourth-order valence-corrected chi connectivity index (χ4v) is 2.67. The maximum absolute atomic E-state index is 13.8. The standard InChI is InChI=1S/C18H16FN2.Ir/c1-12-5-4-6-13(2)18(12)16-11-14(19)7-8-15(16)17-9-10-21(3)20-17;/h4-7,9-11H,1-3H3;/q-1;. The molecule has 2 aromatic carbocycles. The maximum Gasteiger partial charge on any atom is 0.0385 e. The average Bonchev–Trinajstić information content (AvgIpc) is 2.85. The second-order valence-electron chi connectivity index (χ2n) is 5.25. The van der Waals surface area contributed by atoms with Crippen molar-refractivity contribution in [2.75, 3.05) is 0 Å². The van der Waals surface area contributed by atoms with Crippen LogP contribution in [-0.2, 0) is 27.2 Å². The van der Waals surface area contributed by atoms with Gasteiger partial charge in [0.15, 0.2) is 0 Å². The van der Waals surface area contributed by atoms with Gasteiger partial charge >= 0.3 is 0 Å². The molecule has 0 saturated heterocycles. The first-order chi connectivity index (χ1) is 10.1. The number of halogens is 1. The topological polar surface area (TPSA) is 17.8 Å². The Morgan fingerprint density at radius 2 is 1.82 bits per heavy atom. The summed E-state index contributed by atoms with van der Waals surface area (Å²) in [5.74, 6) is -0.285. The van der Waals surface area contributed by atoms with E-state index in [9.17, 15) is 4.39 Å². The van der Waals surface area contributed by atoms with Crippen LogP contribution in [-0.4, -0.2) is 9.78 Å². The summed E-state index contributed by atoms with van der Waals surface area (Å²) in [6.07, 6.45) is 1.88. The molecule has 0 fully saturated rings. The molecule has 1 radical (unpaired) electrons. The van der Waals surface area contributed by atoms with Crippen LogP contribution < -0.4 is 0 Å². The van der Waals surface area contributed by atoms with E-state index in [1.165, 1.54) is 6.07 Å². The van der Waals surface area contributed by atoms with Gasteiger partial charge in [-0.2, -0.15) is 0 Å². The number of hydrogen-bond donors (Lipinski definition) is 0. The molecule has 3 aromatic rings. The van der Waals surface area contributed by atoms with Gasteiger partial charge in [0.1, 0.15) is 0 Å². The number of aromatic nitrogens is 2. The van der Waals surface area contributed by atoms with Crippen LogP contribution in [0.3, 0.4) is 0 Å². The van der Waals surface area contributed by atoms with Crippen molar-refractivity contribution in [3.63, 3.8) is 0 Å². The summed E-state index contributed by atoms with van der Waals surface area (Å²) in [6.45, 7) is 4.07. The average molecular weight is 472 g/mol. The molecule has 0 aliphatic heterocycles. The van der Waals surface area contributed by atoms with Gasteiger partial charge in [-0.05, 0) is 13.8 Å². The summed E-state index contributed by atoms with van der Waals surface area (Å²) in [5, 5.41) is 4.42. The minimum Gasteiger partial charge on any atom is -0.285 e. The number of benzene rings is 2. The molecular formula is C18H16FIrN2-. The van der Waals surface area contributed by atoms with E-state index < -0.39 is 0 Å². The van der Waals surface area contributed by atoms with Crippen molar-refractivity contribution < 1.29 is 24.5 Å². The van der Waals surface area contributed by atoms with E-state index in [4.69, 9.17) is 0 Å². The molecule has 2 nitrogen and oxygen atoms in total. The van der Waals surface area contributed by atoms with Crippen LogP contribution in [0.4, 0.5) is 4.39 Å². The Kier molecular flexibility index (Phi) is 4.94. The number of rotatable bonds is 2. The van der Waals surface area contributed by atoms with Gasteiger partial charge in [-0.3, -0.25) is 9.07 Å². The summed E-state index contributed by atoms with van der Waals surface area (Å²) in [5.41, 5.74) is 5.75. The third-order valence-electron chi connectivity index (χ3n) is 3.63. The van der Waals surface area contributed by atoms with Crippen molar-refractivity contribution in [1.82, 2.24) is 9.78 Å². The molecule has 1 heterocycles. The first-order valence-corrected chi connectivity index (χ1v) is 6.84. The Bertz CT molecular complexity index is 788. The molecular weight excluding hydrogens is 455 g/mol. The molecule has 0 aliphatic carbocycles. The molecule has 0 bridgehead atoms. The molecule has 0 spiro atoms. The molecule has 0 aliphatic rings. The van der Waals surface area contributed by atoms with Gasteiger partial charge in [0.2, 0.25) is 0 Å². The Morgan fingerprint density at radius 1 is 1.14 bits per heavy atom. The Labute approximate surface area is 143 Å². The maximum atomic E-state index is 13.8. The SMILES string of the molecule is Cc1cccc(C)c1-c1cc(F)c[c-]c1-c1ccn(C)n1.[Ir]. The number of hydrogen-bond acceptors (Lipinski definition) is 1. The molecule has 0 saturated carbocycles. The van der Waals surface area contributed by atoms with Crippen molar-refractivity contribution in [3.8, 4) is 22.4 Å². The molecule has 3 rings (SSSR count). The molecule has 22 heavy (non-hydrogen) atoms. The molecule has 0 amide bonds. The van der Waals surface area contributed by atoms with Crippen LogP contribution in [0.1, 0.15) is 11.1 Å². The third-order valence-corrected chi connectivity index (χ3v) is 3.63. The van der Waals surface area contributed by atoms with E-state index in [-0.39, 0.29) is 25.9 Å². The minimum absolute atomic E-state index is 0. The zero-order valence-electron chi connectivity index (χ0n) is 12.6. The Hall–Kier alpha value is -1.77. The van der Waals surface area contributed by atoms with Crippen LogP contribution in [0.2, 0.25) is 0 Å². The second-order valence-corrected chi connectivity index (χ2v) is 5.25. The van der Waals surface area contributed by atoms with Crippen LogP contribution in [0.15, 0.2) is 42.6 Å². The smallest absolute Gasteiger partial charge is 0.0385 e. The molecule has 4 heteroatoms. The van der Waals surface area contributed by atoms with E-state index >= 15 is 0 Å². The quantitative estimate of drug-likeness (QED) is 0.510. The molecule has 0 atom stereocenters. The largest absolute Gasteiger partial charge is 0.285 e. The van der Waals surface area contributed by atoms with Gasteiger partial charge in [0.05, 0.1) is 0 Å². The van der Waals surface area contributed by atoms with Gasteiger partial charge in [-0.1, -0.05) is 46.5 Å². The van der Waals surface area contributed by atoms with Crippen molar-refractivity contribution >= 4 is 0 Å². The summed E-state index contributed by atoms with van der Waals surface area (Å²) in [6, 6.07) is 14.0. The Morgan fingerprint density at radius 3 is 2.41 bits per heavy atom. The second kappa shape index (κ2) is 6.55. The predicted octanol–water partition coefficient (Wildman–Crippen LogP) is 4.31. The zero-order chi connectivity index (χ0) is 15.0. The normalized spacial score (nSPS) is 10.4. The van der Waals surface area contributed by atoms with Crippen LogP contribution >= 0.6 is 0 Å². The fraction of sp³-hybridized carbons (Fsp3) is 0.167. The summed E-state index contributed by atoms with van der Waals surface area (Å²) in [7, 11) is 1.87. The van der Waals surface area contributed by atoms with E-state index in [0.29, 0.717) is 0 Å². The van der Waals surface area contributed by atoms with Crippen molar-refractivity contribution in [2.24, 2.45) is 7.05 Å². The van der Waals surface area contributed by atoms with Crippen LogP contribution in [0, 0.1) is 25.7 Å². The summed E-state index contributed by atoms with van der Waals surface area (Å²) >= 11 is 0. The van der Waals surface area contributed by atoms with Gasteiger partial charge in [-0.15, -0.1) is 23.8 Å². The van der Waals surface area contributed by atoms with Gasteiger partial charge in [-0.25, -0.2) is 5.10 Å². The minimum atomic E-state index is -0.285. The van der Waals surface area contributed by atoms with Crippen molar-refractivity contribution in [1.29, 1.82) is 0 Å². The van der Waals surface area contributed by atoms with E-state index in [1.807, 2.05) is 51.4 Å². The summed E-state index contributed by atoms with van der Waals surface area (Å²) in [4.78, 5) is 0. The van der Waals surface area contributed by atoms with E-state index in [2.05, 4.69) is 11.2 Å².